The van der Waals surface area contributed by atoms with E-state index in [0.717, 1.165) is 12.1 Å². The largest absolute Gasteiger partial charge is 0.508 e. The first kappa shape index (κ1) is 11.7. The smallest absolute Gasteiger partial charge is 0.205 e. The average molecular weight is 250 g/mol. The van der Waals surface area contributed by atoms with Crippen LogP contribution in [0, 0.1) is 0 Å². The van der Waals surface area contributed by atoms with Gasteiger partial charge in [0.25, 0.3) is 0 Å². The van der Waals surface area contributed by atoms with E-state index in [2.05, 4.69) is 0 Å². The molecule has 0 heterocycles. The molecule has 0 aliphatic rings. The summed E-state index contributed by atoms with van der Waals surface area (Å²) in [7, 11) is 0. The van der Waals surface area contributed by atoms with E-state index in [0.29, 0.717) is 0 Å². The molecular formula is C12H10O6. The van der Waals surface area contributed by atoms with E-state index in [9.17, 15) is 20.4 Å². The van der Waals surface area contributed by atoms with Gasteiger partial charge in [0.2, 0.25) is 11.5 Å². The van der Waals surface area contributed by atoms with E-state index in [1.807, 2.05) is 0 Å². The van der Waals surface area contributed by atoms with Crippen LogP contribution in [0.3, 0.4) is 0 Å². The molecule has 0 radical (unpaired) electrons. The van der Waals surface area contributed by atoms with Crippen molar-refractivity contribution in [2.75, 3.05) is 0 Å². The van der Waals surface area contributed by atoms with Gasteiger partial charge in [-0.1, -0.05) is 0 Å². The number of benzene rings is 2. The van der Waals surface area contributed by atoms with Crippen molar-refractivity contribution in [1.82, 2.24) is 0 Å². The van der Waals surface area contributed by atoms with Crippen LogP contribution < -0.4 is 4.74 Å². The highest BCUT2D eigenvalue weighted by Crippen LogP contribution is 2.43. The van der Waals surface area contributed by atoms with E-state index >= 15 is 0 Å². The third-order valence-corrected chi connectivity index (χ3v) is 2.20. The minimum Gasteiger partial charge on any atom is -0.508 e. The van der Waals surface area contributed by atoms with Crippen LogP contribution in [-0.4, -0.2) is 25.5 Å². The monoisotopic (exact) mass is 250 g/mol. The van der Waals surface area contributed by atoms with Crippen molar-refractivity contribution in [2.45, 2.75) is 0 Å². The van der Waals surface area contributed by atoms with Crippen LogP contribution in [0.1, 0.15) is 0 Å². The fraction of sp³-hybridized carbons (Fsp3) is 0. The molecule has 0 saturated carbocycles. The van der Waals surface area contributed by atoms with Crippen molar-refractivity contribution >= 4 is 0 Å². The Morgan fingerprint density at radius 2 is 1.33 bits per heavy atom. The molecule has 18 heavy (non-hydrogen) atoms. The minimum atomic E-state index is -0.711. The second-order valence-electron chi connectivity index (χ2n) is 3.57. The zero-order chi connectivity index (χ0) is 13.3. The van der Waals surface area contributed by atoms with Crippen LogP contribution >= 0.6 is 0 Å². The summed E-state index contributed by atoms with van der Waals surface area (Å²) >= 11 is 0. The predicted octanol–water partition coefficient (Wildman–Crippen LogP) is 2.01. The van der Waals surface area contributed by atoms with E-state index in [1.54, 1.807) is 0 Å². The number of phenolic OH excluding ortho intramolecular Hbond substituents is 5. The molecule has 2 aromatic carbocycles. The fourth-order valence-electron chi connectivity index (χ4n) is 1.39. The lowest BCUT2D eigenvalue weighted by Crippen LogP contribution is -1.85. The van der Waals surface area contributed by atoms with E-state index in [1.165, 1.54) is 18.2 Å². The predicted molar refractivity (Wildman–Crippen MR) is 61.3 cm³/mol. The maximum Gasteiger partial charge on any atom is 0.205 e. The molecule has 2 aromatic rings. The Balaban J connectivity index is 2.37. The Morgan fingerprint density at radius 3 is 1.94 bits per heavy atom. The molecule has 0 spiro atoms. The summed E-state index contributed by atoms with van der Waals surface area (Å²) in [6.45, 7) is 0. The maximum absolute atomic E-state index is 9.52. The first-order valence-electron chi connectivity index (χ1n) is 4.92. The van der Waals surface area contributed by atoms with Gasteiger partial charge in [0, 0.05) is 18.2 Å². The van der Waals surface area contributed by atoms with Gasteiger partial charge in [0.15, 0.2) is 11.5 Å². The van der Waals surface area contributed by atoms with Gasteiger partial charge in [-0.3, -0.25) is 0 Å². The second kappa shape index (κ2) is 4.25. The molecule has 94 valence electrons. The molecule has 0 atom stereocenters. The van der Waals surface area contributed by atoms with Gasteiger partial charge in [0.05, 0.1) is 0 Å². The molecular weight excluding hydrogens is 240 g/mol. The van der Waals surface area contributed by atoms with Crippen molar-refractivity contribution in [2.24, 2.45) is 0 Å². The van der Waals surface area contributed by atoms with Crippen LogP contribution in [0.2, 0.25) is 0 Å². The molecule has 0 unspecified atom stereocenters. The molecule has 0 saturated heterocycles. The summed E-state index contributed by atoms with van der Waals surface area (Å²) in [5.41, 5.74) is 0. The molecule has 0 amide bonds. The van der Waals surface area contributed by atoms with Crippen molar-refractivity contribution in [3.63, 3.8) is 0 Å². The topological polar surface area (TPSA) is 110 Å². The highest BCUT2D eigenvalue weighted by molar-refractivity contribution is 5.57. The van der Waals surface area contributed by atoms with Crippen LogP contribution in [0.15, 0.2) is 30.3 Å². The lowest BCUT2D eigenvalue weighted by molar-refractivity contribution is 0.348. The number of hydrogen-bond acceptors (Lipinski definition) is 6. The first-order valence-corrected chi connectivity index (χ1v) is 4.92. The van der Waals surface area contributed by atoms with Crippen LogP contribution in [0.25, 0.3) is 0 Å². The van der Waals surface area contributed by atoms with Gasteiger partial charge in [-0.15, -0.1) is 0 Å². The van der Waals surface area contributed by atoms with Crippen LogP contribution in [0.4, 0.5) is 0 Å². The normalized spacial score (nSPS) is 10.2. The standard InChI is InChI=1S/C12H10O6/c13-6-3-7(14)5-8(4-6)18-10-2-1-9(15)11(16)12(10)17/h1-5,13-17H. The van der Waals surface area contributed by atoms with Crippen molar-refractivity contribution in [1.29, 1.82) is 0 Å². The summed E-state index contributed by atoms with van der Waals surface area (Å²) in [5.74, 6) is -2.34. The summed E-state index contributed by atoms with van der Waals surface area (Å²) in [6.07, 6.45) is 0. The number of rotatable bonds is 2. The molecule has 0 aliphatic heterocycles. The number of phenols is 5. The molecule has 2 rings (SSSR count). The number of ether oxygens (including phenoxy) is 1. The van der Waals surface area contributed by atoms with E-state index < -0.39 is 17.2 Å². The molecule has 0 bridgehead atoms. The minimum absolute atomic E-state index is 0.0629. The van der Waals surface area contributed by atoms with E-state index in [-0.39, 0.29) is 23.0 Å². The average Bonchev–Trinajstić information content (AvgIpc) is 2.29. The lowest BCUT2D eigenvalue weighted by Gasteiger charge is -2.10. The Hall–Kier alpha value is -2.76. The molecule has 0 aromatic heterocycles. The Bertz CT molecular complexity index is 573. The van der Waals surface area contributed by atoms with Crippen LogP contribution in [-0.2, 0) is 0 Å². The van der Waals surface area contributed by atoms with Crippen molar-refractivity contribution in [3.8, 4) is 40.2 Å². The molecule has 6 heteroatoms. The van der Waals surface area contributed by atoms with Gasteiger partial charge in [0.1, 0.15) is 17.2 Å². The third kappa shape index (κ3) is 2.17. The Labute approximate surface area is 102 Å². The van der Waals surface area contributed by atoms with Crippen molar-refractivity contribution in [3.05, 3.63) is 30.3 Å². The summed E-state index contributed by atoms with van der Waals surface area (Å²) in [6, 6.07) is 5.89. The van der Waals surface area contributed by atoms with Gasteiger partial charge in [-0.05, 0) is 12.1 Å². The van der Waals surface area contributed by atoms with Gasteiger partial charge < -0.3 is 30.3 Å². The van der Waals surface area contributed by atoms with E-state index in [4.69, 9.17) is 9.84 Å². The van der Waals surface area contributed by atoms with Gasteiger partial charge in [-0.2, -0.15) is 0 Å². The zero-order valence-electron chi connectivity index (χ0n) is 9.03. The zero-order valence-corrected chi connectivity index (χ0v) is 9.03. The summed E-state index contributed by atoms with van der Waals surface area (Å²) < 4.78 is 5.17. The maximum atomic E-state index is 9.52. The quantitative estimate of drug-likeness (QED) is 0.521. The highest BCUT2D eigenvalue weighted by Gasteiger charge is 2.13. The molecule has 0 aliphatic carbocycles. The molecule has 6 nitrogen and oxygen atoms in total. The van der Waals surface area contributed by atoms with Gasteiger partial charge >= 0.3 is 0 Å². The first-order chi connectivity index (χ1) is 8.47. The second-order valence-corrected chi connectivity index (χ2v) is 3.57. The summed E-state index contributed by atoms with van der Waals surface area (Å²) in [4.78, 5) is 0. The fourth-order valence-corrected chi connectivity index (χ4v) is 1.39. The summed E-state index contributed by atoms with van der Waals surface area (Å²) in [5, 5.41) is 46.4. The number of aromatic hydroxyl groups is 5. The third-order valence-electron chi connectivity index (χ3n) is 2.20. The lowest BCUT2D eigenvalue weighted by atomic mass is 10.2. The Kier molecular flexibility index (Phi) is 2.77. The molecule has 0 fully saturated rings. The Morgan fingerprint density at radius 1 is 0.722 bits per heavy atom. The van der Waals surface area contributed by atoms with Crippen molar-refractivity contribution < 1.29 is 30.3 Å². The van der Waals surface area contributed by atoms with Crippen LogP contribution in [0.5, 0.6) is 40.2 Å². The number of hydrogen-bond donors (Lipinski definition) is 5. The SMILES string of the molecule is Oc1cc(O)cc(Oc2ccc(O)c(O)c2O)c1. The van der Waals surface area contributed by atoms with Gasteiger partial charge in [-0.25, -0.2) is 0 Å². The molecule has 5 N–H and O–H groups in total. The highest BCUT2D eigenvalue weighted by atomic mass is 16.5.